The highest BCUT2D eigenvalue weighted by Gasteiger charge is 2.22. The topological polar surface area (TPSA) is 29.3 Å². The second kappa shape index (κ2) is 4.07. The molecule has 0 heterocycles. The SMILES string of the molecule is CC(CN)CN(C)CC1CC1. The minimum Gasteiger partial charge on any atom is -0.330 e. The summed E-state index contributed by atoms with van der Waals surface area (Å²) in [6.45, 7) is 5.47. The molecule has 66 valence electrons. The van der Waals surface area contributed by atoms with Gasteiger partial charge in [-0.25, -0.2) is 0 Å². The first-order valence-electron chi connectivity index (χ1n) is 4.61. The lowest BCUT2D eigenvalue weighted by Gasteiger charge is -2.19. The van der Waals surface area contributed by atoms with Gasteiger partial charge in [-0.3, -0.25) is 0 Å². The van der Waals surface area contributed by atoms with Crippen LogP contribution in [0.25, 0.3) is 0 Å². The smallest absolute Gasteiger partial charge is 0.00161 e. The summed E-state index contributed by atoms with van der Waals surface area (Å²) in [5.41, 5.74) is 5.54. The quantitative estimate of drug-likeness (QED) is 0.641. The zero-order valence-corrected chi connectivity index (χ0v) is 7.71. The van der Waals surface area contributed by atoms with Gasteiger partial charge >= 0.3 is 0 Å². The zero-order chi connectivity index (χ0) is 8.27. The molecule has 2 heteroatoms. The molecular formula is C9H20N2. The Bertz CT molecular complexity index is 110. The maximum atomic E-state index is 5.54. The first kappa shape index (κ1) is 9.01. The molecule has 0 spiro atoms. The van der Waals surface area contributed by atoms with Crippen molar-refractivity contribution >= 4 is 0 Å². The number of rotatable bonds is 5. The summed E-state index contributed by atoms with van der Waals surface area (Å²) < 4.78 is 0. The summed E-state index contributed by atoms with van der Waals surface area (Å²) in [7, 11) is 2.20. The van der Waals surface area contributed by atoms with E-state index in [0.29, 0.717) is 5.92 Å². The summed E-state index contributed by atoms with van der Waals surface area (Å²) in [6, 6.07) is 0. The Kier molecular flexibility index (Phi) is 3.34. The molecule has 0 aliphatic heterocycles. The van der Waals surface area contributed by atoms with Crippen LogP contribution in [0.3, 0.4) is 0 Å². The fourth-order valence-corrected chi connectivity index (χ4v) is 1.42. The average molecular weight is 156 g/mol. The third kappa shape index (κ3) is 3.73. The monoisotopic (exact) mass is 156 g/mol. The molecule has 1 rings (SSSR count). The largest absolute Gasteiger partial charge is 0.330 e. The van der Waals surface area contributed by atoms with Crippen LogP contribution >= 0.6 is 0 Å². The van der Waals surface area contributed by atoms with Gasteiger partial charge in [0.25, 0.3) is 0 Å². The number of nitrogens with zero attached hydrogens (tertiary/aromatic N) is 1. The van der Waals surface area contributed by atoms with Crippen molar-refractivity contribution in [2.45, 2.75) is 19.8 Å². The number of hydrogen-bond donors (Lipinski definition) is 1. The highest BCUT2D eigenvalue weighted by molar-refractivity contribution is 4.76. The van der Waals surface area contributed by atoms with Crippen LogP contribution in [0.15, 0.2) is 0 Å². The van der Waals surface area contributed by atoms with E-state index < -0.39 is 0 Å². The second-order valence-electron chi connectivity index (χ2n) is 4.01. The van der Waals surface area contributed by atoms with E-state index in [1.807, 2.05) is 0 Å². The van der Waals surface area contributed by atoms with E-state index in [1.54, 1.807) is 0 Å². The van der Waals surface area contributed by atoms with Crippen molar-refractivity contribution in [2.24, 2.45) is 17.6 Å². The van der Waals surface area contributed by atoms with Crippen molar-refractivity contribution in [1.82, 2.24) is 4.90 Å². The maximum Gasteiger partial charge on any atom is 0.00161 e. The standard InChI is InChI=1S/C9H20N2/c1-8(5-10)6-11(2)7-9-3-4-9/h8-9H,3-7,10H2,1-2H3. The minimum absolute atomic E-state index is 0.652. The van der Waals surface area contributed by atoms with Crippen molar-refractivity contribution in [1.29, 1.82) is 0 Å². The number of nitrogens with two attached hydrogens (primary N) is 1. The van der Waals surface area contributed by atoms with E-state index in [4.69, 9.17) is 5.73 Å². The van der Waals surface area contributed by atoms with Crippen LogP contribution in [-0.2, 0) is 0 Å². The molecule has 1 saturated carbocycles. The Labute approximate surface area is 69.8 Å². The number of hydrogen-bond acceptors (Lipinski definition) is 2. The van der Waals surface area contributed by atoms with Gasteiger partial charge in [0.1, 0.15) is 0 Å². The van der Waals surface area contributed by atoms with Crippen LogP contribution in [0.5, 0.6) is 0 Å². The molecule has 0 bridgehead atoms. The lowest BCUT2D eigenvalue weighted by Crippen LogP contribution is -2.29. The molecule has 0 amide bonds. The first-order chi connectivity index (χ1) is 5.22. The van der Waals surface area contributed by atoms with Crippen molar-refractivity contribution in [3.8, 4) is 0 Å². The van der Waals surface area contributed by atoms with Crippen LogP contribution in [0.1, 0.15) is 19.8 Å². The molecule has 0 aromatic carbocycles. The third-order valence-corrected chi connectivity index (χ3v) is 2.29. The molecule has 1 unspecified atom stereocenters. The van der Waals surface area contributed by atoms with E-state index in [1.165, 1.54) is 19.4 Å². The first-order valence-corrected chi connectivity index (χ1v) is 4.61. The molecule has 0 aromatic heterocycles. The highest BCUT2D eigenvalue weighted by Crippen LogP contribution is 2.29. The predicted molar refractivity (Wildman–Crippen MR) is 48.4 cm³/mol. The Balaban J connectivity index is 2.03. The summed E-state index contributed by atoms with van der Waals surface area (Å²) in [4.78, 5) is 2.41. The van der Waals surface area contributed by atoms with Gasteiger partial charge < -0.3 is 10.6 Å². The summed E-state index contributed by atoms with van der Waals surface area (Å²) in [6.07, 6.45) is 2.89. The van der Waals surface area contributed by atoms with Crippen LogP contribution in [0, 0.1) is 11.8 Å². The van der Waals surface area contributed by atoms with E-state index >= 15 is 0 Å². The van der Waals surface area contributed by atoms with E-state index in [-0.39, 0.29) is 0 Å². The Morgan fingerprint density at radius 2 is 2.18 bits per heavy atom. The molecule has 2 nitrogen and oxygen atoms in total. The summed E-state index contributed by atoms with van der Waals surface area (Å²) in [5.74, 6) is 1.66. The van der Waals surface area contributed by atoms with Crippen molar-refractivity contribution < 1.29 is 0 Å². The summed E-state index contributed by atoms with van der Waals surface area (Å²) in [5, 5.41) is 0. The molecular weight excluding hydrogens is 136 g/mol. The van der Waals surface area contributed by atoms with Crippen molar-refractivity contribution in [3.05, 3.63) is 0 Å². The minimum atomic E-state index is 0.652. The van der Waals surface area contributed by atoms with E-state index in [2.05, 4.69) is 18.9 Å². The van der Waals surface area contributed by atoms with Crippen LogP contribution < -0.4 is 5.73 Å². The van der Waals surface area contributed by atoms with Gasteiger partial charge in [-0.15, -0.1) is 0 Å². The summed E-state index contributed by atoms with van der Waals surface area (Å²) >= 11 is 0. The van der Waals surface area contributed by atoms with Gasteiger partial charge in [0.05, 0.1) is 0 Å². The van der Waals surface area contributed by atoms with Gasteiger partial charge in [-0.05, 0) is 38.3 Å². The molecule has 1 fully saturated rings. The van der Waals surface area contributed by atoms with Crippen LogP contribution in [-0.4, -0.2) is 31.6 Å². The molecule has 2 N–H and O–H groups in total. The zero-order valence-electron chi connectivity index (χ0n) is 7.71. The predicted octanol–water partition coefficient (Wildman–Crippen LogP) is 0.923. The van der Waals surface area contributed by atoms with Gasteiger partial charge in [0.15, 0.2) is 0 Å². The lowest BCUT2D eigenvalue weighted by atomic mass is 10.2. The van der Waals surface area contributed by atoms with E-state index in [0.717, 1.165) is 19.0 Å². The molecule has 0 aromatic rings. The van der Waals surface area contributed by atoms with E-state index in [9.17, 15) is 0 Å². The average Bonchev–Trinajstić information content (AvgIpc) is 2.71. The molecule has 1 atom stereocenters. The fraction of sp³-hybridized carbons (Fsp3) is 1.00. The van der Waals surface area contributed by atoms with Gasteiger partial charge in [0.2, 0.25) is 0 Å². The van der Waals surface area contributed by atoms with Crippen molar-refractivity contribution in [2.75, 3.05) is 26.7 Å². The lowest BCUT2D eigenvalue weighted by molar-refractivity contribution is 0.279. The van der Waals surface area contributed by atoms with Gasteiger partial charge in [-0.2, -0.15) is 0 Å². The van der Waals surface area contributed by atoms with Crippen molar-refractivity contribution in [3.63, 3.8) is 0 Å². The van der Waals surface area contributed by atoms with Crippen LogP contribution in [0.2, 0.25) is 0 Å². The Morgan fingerprint density at radius 1 is 1.55 bits per heavy atom. The molecule has 1 aliphatic rings. The third-order valence-electron chi connectivity index (χ3n) is 2.29. The van der Waals surface area contributed by atoms with Gasteiger partial charge in [0, 0.05) is 13.1 Å². The molecule has 1 aliphatic carbocycles. The maximum absolute atomic E-state index is 5.54. The normalized spacial score (nSPS) is 20.7. The molecule has 11 heavy (non-hydrogen) atoms. The fourth-order valence-electron chi connectivity index (χ4n) is 1.42. The molecule has 0 radical (unpaired) electrons. The second-order valence-corrected chi connectivity index (χ2v) is 4.01. The van der Waals surface area contributed by atoms with Crippen LogP contribution in [0.4, 0.5) is 0 Å². The Hall–Kier alpha value is -0.0800. The highest BCUT2D eigenvalue weighted by atomic mass is 15.1. The molecule has 0 saturated heterocycles. The van der Waals surface area contributed by atoms with Gasteiger partial charge in [-0.1, -0.05) is 6.92 Å². The Morgan fingerprint density at radius 3 is 2.64 bits per heavy atom.